The molecule has 1 aromatic rings. The van der Waals surface area contributed by atoms with Crippen molar-refractivity contribution >= 4 is 5.97 Å². The van der Waals surface area contributed by atoms with Gasteiger partial charge in [-0.1, -0.05) is 32.0 Å². The van der Waals surface area contributed by atoms with E-state index in [0.717, 1.165) is 24.4 Å². The molecular weight excluding hydrogens is 230 g/mol. The molecule has 0 radical (unpaired) electrons. The summed E-state index contributed by atoms with van der Waals surface area (Å²) >= 11 is 0. The molecule has 1 atom stereocenters. The largest absolute Gasteiger partial charge is 0.496 e. The topological polar surface area (TPSA) is 49.8 Å². The molecule has 0 amide bonds. The SMILES string of the molecule is CCN(CC)[C@@H](Cc1ccccc1OC)C(=O)O. The van der Waals surface area contributed by atoms with Gasteiger partial charge in [0.2, 0.25) is 0 Å². The number of aliphatic carboxylic acids is 1. The van der Waals surface area contributed by atoms with Gasteiger partial charge in [0.25, 0.3) is 0 Å². The standard InChI is InChI=1S/C14H21NO3/c1-4-15(5-2)12(14(16)17)10-11-8-6-7-9-13(11)18-3/h6-9,12H,4-5,10H2,1-3H3,(H,16,17)/t12-/m0/s1. The average Bonchev–Trinajstić information content (AvgIpc) is 2.39. The van der Waals surface area contributed by atoms with Crippen LogP contribution in [0.5, 0.6) is 5.75 Å². The first kappa shape index (κ1) is 14.5. The van der Waals surface area contributed by atoms with Crippen molar-refractivity contribution in [1.82, 2.24) is 4.90 Å². The minimum absolute atomic E-state index is 0.459. The average molecular weight is 251 g/mol. The van der Waals surface area contributed by atoms with E-state index in [0.29, 0.717) is 6.42 Å². The van der Waals surface area contributed by atoms with E-state index in [1.54, 1.807) is 7.11 Å². The van der Waals surface area contributed by atoms with E-state index in [-0.39, 0.29) is 0 Å². The van der Waals surface area contributed by atoms with E-state index >= 15 is 0 Å². The molecule has 0 saturated heterocycles. The predicted molar refractivity (Wildman–Crippen MR) is 71.0 cm³/mol. The van der Waals surface area contributed by atoms with E-state index in [9.17, 15) is 9.90 Å². The molecule has 4 nitrogen and oxygen atoms in total. The Bertz CT molecular complexity index is 388. The molecule has 1 aromatic carbocycles. The normalized spacial score (nSPS) is 12.4. The minimum atomic E-state index is -0.787. The fourth-order valence-electron chi connectivity index (χ4n) is 2.12. The number of likely N-dealkylation sites (N-methyl/N-ethyl adjacent to an activating group) is 1. The Balaban J connectivity index is 2.93. The number of carbonyl (C=O) groups is 1. The summed E-state index contributed by atoms with van der Waals surface area (Å²) in [5.41, 5.74) is 0.930. The molecule has 0 fully saturated rings. The number of benzene rings is 1. The van der Waals surface area contributed by atoms with Gasteiger partial charge in [-0.15, -0.1) is 0 Å². The zero-order valence-electron chi connectivity index (χ0n) is 11.2. The first-order chi connectivity index (χ1) is 8.63. The molecule has 0 heterocycles. The Morgan fingerprint density at radius 3 is 2.44 bits per heavy atom. The first-order valence-electron chi connectivity index (χ1n) is 6.22. The number of carboxylic acid groups (broad SMARTS) is 1. The fourth-order valence-corrected chi connectivity index (χ4v) is 2.12. The molecule has 18 heavy (non-hydrogen) atoms. The third kappa shape index (κ3) is 3.47. The molecule has 0 unspecified atom stereocenters. The van der Waals surface area contributed by atoms with E-state index in [2.05, 4.69) is 0 Å². The number of hydrogen-bond acceptors (Lipinski definition) is 3. The number of carboxylic acids is 1. The number of ether oxygens (including phenoxy) is 1. The lowest BCUT2D eigenvalue weighted by atomic mass is 10.0. The van der Waals surface area contributed by atoms with Crippen molar-refractivity contribution in [3.63, 3.8) is 0 Å². The van der Waals surface area contributed by atoms with Crippen molar-refractivity contribution in [3.05, 3.63) is 29.8 Å². The van der Waals surface area contributed by atoms with Gasteiger partial charge in [-0.3, -0.25) is 9.69 Å². The van der Waals surface area contributed by atoms with Gasteiger partial charge < -0.3 is 9.84 Å². The van der Waals surface area contributed by atoms with Crippen LogP contribution in [0.3, 0.4) is 0 Å². The fraction of sp³-hybridized carbons (Fsp3) is 0.500. The number of methoxy groups -OCH3 is 1. The summed E-state index contributed by atoms with van der Waals surface area (Å²) in [6.45, 7) is 5.40. The zero-order valence-corrected chi connectivity index (χ0v) is 11.2. The van der Waals surface area contributed by atoms with Crippen LogP contribution in [0.4, 0.5) is 0 Å². The molecule has 0 aliphatic carbocycles. The van der Waals surface area contributed by atoms with Gasteiger partial charge in [-0.2, -0.15) is 0 Å². The van der Waals surface area contributed by atoms with Gasteiger partial charge in [0.15, 0.2) is 0 Å². The summed E-state index contributed by atoms with van der Waals surface area (Å²) in [7, 11) is 1.60. The van der Waals surface area contributed by atoms with Crippen molar-refractivity contribution in [2.75, 3.05) is 20.2 Å². The molecule has 1 rings (SSSR count). The monoisotopic (exact) mass is 251 g/mol. The number of hydrogen-bond donors (Lipinski definition) is 1. The van der Waals surface area contributed by atoms with E-state index in [4.69, 9.17) is 4.74 Å². The van der Waals surface area contributed by atoms with E-state index in [1.807, 2.05) is 43.0 Å². The first-order valence-corrected chi connectivity index (χ1v) is 6.22. The predicted octanol–water partition coefficient (Wildman–Crippen LogP) is 2.03. The maximum atomic E-state index is 11.4. The Morgan fingerprint density at radius 2 is 1.94 bits per heavy atom. The molecular formula is C14H21NO3. The summed E-state index contributed by atoms with van der Waals surface area (Å²) in [5.74, 6) is -0.0412. The maximum Gasteiger partial charge on any atom is 0.321 e. The molecule has 4 heteroatoms. The molecule has 0 aromatic heterocycles. The van der Waals surface area contributed by atoms with Crippen LogP contribution in [0, 0.1) is 0 Å². The summed E-state index contributed by atoms with van der Waals surface area (Å²) in [6.07, 6.45) is 0.459. The highest BCUT2D eigenvalue weighted by Crippen LogP contribution is 2.20. The van der Waals surface area contributed by atoms with Crippen molar-refractivity contribution in [2.45, 2.75) is 26.3 Å². The Hall–Kier alpha value is -1.55. The quantitative estimate of drug-likeness (QED) is 0.805. The molecule has 0 saturated carbocycles. The van der Waals surface area contributed by atoms with Gasteiger partial charge in [-0.05, 0) is 24.7 Å². The second-order valence-corrected chi connectivity index (χ2v) is 4.09. The third-order valence-corrected chi connectivity index (χ3v) is 3.14. The van der Waals surface area contributed by atoms with Crippen molar-refractivity contribution in [1.29, 1.82) is 0 Å². The number of rotatable bonds is 7. The smallest absolute Gasteiger partial charge is 0.321 e. The van der Waals surface area contributed by atoms with Gasteiger partial charge in [0.1, 0.15) is 11.8 Å². The van der Waals surface area contributed by atoms with Crippen molar-refractivity contribution in [2.24, 2.45) is 0 Å². The summed E-state index contributed by atoms with van der Waals surface area (Å²) < 4.78 is 5.26. The Morgan fingerprint density at radius 1 is 1.33 bits per heavy atom. The summed E-state index contributed by atoms with van der Waals surface area (Å²) in [6, 6.07) is 7.06. The Labute approximate surface area is 108 Å². The van der Waals surface area contributed by atoms with Crippen molar-refractivity contribution in [3.8, 4) is 5.75 Å². The highest BCUT2D eigenvalue weighted by atomic mass is 16.5. The van der Waals surface area contributed by atoms with Crippen LogP contribution in [0.15, 0.2) is 24.3 Å². The molecule has 0 aliphatic heterocycles. The highest BCUT2D eigenvalue weighted by Gasteiger charge is 2.24. The lowest BCUT2D eigenvalue weighted by molar-refractivity contribution is -0.143. The molecule has 0 spiro atoms. The minimum Gasteiger partial charge on any atom is -0.496 e. The number of para-hydroxylation sites is 1. The van der Waals surface area contributed by atoms with Gasteiger partial charge in [0, 0.05) is 6.42 Å². The van der Waals surface area contributed by atoms with E-state index < -0.39 is 12.0 Å². The van der Waals surface area contributed by atoms with Crippen LogP contribution >= 0.6 is 0 Å². The highest BCUT2D eigenvalue weighted by molar-refractivity contribution is 5.74. The van der Waals surface area contributed by atoms with Crippen LogP contribution in [-0.4, -0.2) is 42.2 Å². The van der Waals surface area contributed by atoms with Crippen LogP contribution in [0.2, 0.25) is 0 Å². The summed E-state index contributed by atoms with van der Waals surface area (Å²) in [5, 5.41) is 9.35. The van der Waals surface area contributed by atoms with E-state index in [1.165, 1.54) is 0 Å². The lowest BCUT2D eigenvalue weighted by Gasteiger charge is -2.26. The second-order valence-electron chi connectivity index (χ2n) is 4.09. The third-order valence-electron chi connectivity index (χ3n) is 3.14. The van der Waals surface area contributed by atoms with Crippen LogP contribution in [0.1, 0.15) is 19.4 Å². The summed E-state index contributed by atoms with van der Waals surface area (Å²) in [4.78, 5) is 13.3. The molecule has 0 aliphatic rings. The van der Waals surface area contributed by atoms with Crippen LogP contribution < -0.4 is 4.74 Å². The second kappa shape index (κ2) is 7.01. The molecule has 0 bridgehead atoms. The molecule has 1 N–H and O–H groups in total. The van der Waals surface area contributed by atoms with Crippen LogP contribution in [0.25, 0.3) is 0 Å². The van der Waals surface area contributed by atoms with Gasteiger partial charge in [0.05, 0.1) is 7.11 Å². The zero-order chi connectivity index (χ0) is 13.5. The maximum absolute atomic E-state index is 11.4. The van der Waals surface area contributed by atoms with Gasteiger partial charge >= 0.3 is 5.97 Å². The van der Waals surface area contributed by atoms with Crippen LogP contribution in [-0.2, 0) is 11.2 Å². The molecule has 100 valence electrons. The van der Waals surface area contributed by atoms with Crippen molar-refractivity contribution < 1.29 is 14.6 Å². The Kier molecular flexibility index (Phi) is 5.65. The number of nitrogens with zero attached hydrogens (tertiary/aromatic N) is 1. The lowest BCUT2D eigenvalue weighted by Crippen LogP contribution is -2.42. The van der Waals surface area contributed by atoms with Gasteiger partial charge in [-0.25, -0.2) is 0 Å².